The summed E-state index contributed by atoms with van der Waals surface area (Å²) in [6.07, 6.45) is 3.44. The van der Waals surface area contributed by atoms with Crippen molar-refractivity contribution in [2.75, 3.05) is 12.4 Å². The number of ether oxygens (including phenoxy) is 1. The number of rotatable bonds is 5. The summed E-state index contributed by atoms with van der Waals surface area (Å²) < 4.78 is 5.51. The van der Waals surface area contributed by atoms with Crippen LogP contribution in [-0.2, 0) is 4.79 Å². The van der Waals surface area contributed by atoms with E-state index in [0.717, 1.165) is 50.6 Å². The highest BCUT2D eigenvalue weighted by Crippen LogP contribution is 2.41. The van der Waals surface area contributed by atoms with Crippen molar-refractivity contribution in [3.05, 3.63) is 53.8 Å². The Kier molecular flexibility index (Phi) is 4.67. The molecule has 1 aliphatic carbocycles. The van der Waals surface area contributed by atoms with E-state index in [1.807, 2.05) is 49.4 Å². The number of nitrogens with zero attached hydrogens (tertiary/aromatic N) is 3. The highest BCUT2D eigenvalue weighted by atomic mass is 32.1. The second-order valence-corrected chi connectivity index (χ2v) is 8.54. The summed E-state index contributed by atoms with van der Waals surface area (Å²) in [6.45, 7) is 1.99. The van der Waals surface area contributed by atoms with Gasteiger partial charge in [0.25, 0.3) is 0 Å². The first-order chi connectivity index (χ1) is 14.6. The average Bonchev–Trinajstić information content (AvgIpc) is 3.55. The van der Waals surface area contributed by atoms with Crippen LogP contribution < -0.4 is 10.1 Å². The number of carbonyl (C=O) groups is 1. The number of aromatic nitrogens is 3. The van der Waals surface area contributed by atoms with Gasteiger partial charge in [0, 0.05) is 22.9 Å². The molecule has 6 nitrogen and oxygen atoms in total. The average molecular weight is 417 g/mol. The van der Waals surface area contributed by atoms with Gasteiger partial charge >= 0.3 is 0 Å². The lowest BCUT2D eigenvalue weighted by Crippen LogP contribution is -2.14. The molecule has 2 aromatic heterocycles. The number of nitrogens with one attached hydrogen (secondary N) is 1. The maximum atomic E-state index is 12.4. The summed E-state index contributed by atoms with van der Waals surface area (Å²) in [5, 5.41) is 4.83. The number of carbonyl (C=O) groups excluding carboxylic acids is 1. The van der Waals surface area contributed by atoms with E-state index in [9.17, 15) is 4.79 Å². The Hall–Kier alpha value is -3.32. The zero-order valence-corrected chi connectivity index (χ0v) is 17.5. The minimum atomic E-state index is 0.0321. The minimum Gasteiger partial charge on any atom is -0.494 e. The molecule has 4 aromatic rings. The number of anilines is 1. The topological polar surface area (TPSA) is 77.0 Å². The Morgan fingerprint density at radius 1 is 1.13 bits per heavy atom. The van der Waals surface area contributed by atoms with Crippen molar-refractivity contribution in [2.45, 2.75) is 19.8 Å². The highest BCUT2D eigenvalue weighted by Gasteiger charge is 2.30. The molecule has 0 aliphatic heterocycles. The lowest BCUT2D eigenvalue weighted by atomic mass is 10.1. The lowest BCUT2D eigenvalue weighted by Gasteiger charge is -2.13. The second kappa shape index (κ2) is 7.50. The van der Waals surface area contributed by atoms with E-state index < -0.39 is 0 Å². The fourth-order valence-electron chi connectivity index (χ4n) is 3.49. The Morgan fingerprint density at radius 2 is 1.93 bits per heavy atom. The third-order valence-corrected chi connectivity index (χ3v) is 6.14. The van der Waals surface area contributed by atoms with Crippen LogP contribution in [0.5, 0.6) is 5.75 Å². The van der Waals surface area contributed by atoms with Gasteiger partial charge < -0.3 is 10.1 Å². The van der Waals surface area contributed by atoms with Crippen molar-refractivity contribution in [3.63, 3.8) is 0 Å². The number of aryl methyl sites for hydroxylation is 1. The third kappa shape index (κ3) is 3.41. The van der Waals surface area contributed by atoms with E-state index in [4.69, 9.17) is 9.72 Å². The molecule has 1 aliphatic rings. The third-order valence-electron chi connectivity index (χ3n) is 5.16. The van der Waals surface area contributed by atoms with Gasteiger partial charge in [-0.2, -0.15) is 0 Å². The zero-order chi connectivity index (χ0) is 20.7. The Bertz CT molecular complexity index is 1250. The standard InChI is InChI=1S/C23H20N4O2S/c1-13-26-20(14-6-4-3-5-7-14)22(30-13)21-16-10-18(27-23(28)15-8-9-15)19(29-2)11-17(16)24-12-25-21/h3-7,10-12,15H,8-9H2,1-2H3,(H,27,28). The van der Waals surface area contributed by atoms with Gasteiger partial charge in [-0.3, -0.25) is 4.79 Å². The first kappa shape index (κ1) is 18.7. The lowest BCUT2D eigenvalue weighted by molar-refractivity contribution is -0.117. The molecule has 2 heterocycles. The van der Waals surface area contributed by atoms with Gasteiger partial charge in [0.05, 0.1) is 39.6 Å². The molecular weight excluding hydrogens is 396 g/mol. The molecule has 1 N–H and O–H groups in total. The molecule has 1 amide bonds. The predicted octanol–water partition coefficient (Wildman–Crippen LogP) is 5.09. The number of hydrogen-bond donors (Lipinski definition) is 1. The Labute approximate surface area is 178 Å². The van der Waals surface area contributed by atoms with E-state index in [-0.39, 0.29) is 11.8 Å². The van der Waals surface area contributed by atoms with Crippen LogP contribution in [-0.4, -0.2) is 28.0 Å². The summed E-state index contributed by atoms with van der Waals surface area (Å²) in [5.74, 6) is 0.723. The van der Waals surface area contributed by atoms with Crippen LogP contribution in [0.4, 0.5) is 5.69 Å². The van der Waals surface area contributed by atoms with Crippen LogP contribution in [0, 0.1) is 12.8 Å². The SMILES string of the molecule is COc1cc2ncnc(-c3sc(C)nc3-c3ccccc3)c2cc1NC(=O)C1CC1. The highest BCUT2D eigenvalue weighted by molar-refractivity contribution is 7.15. The molecule has 0 radical (unpaired) electrons. The van der Waals surface area contributed by atoms with Gasteiger partial charge in [0.2, 0.25) is 5.91 Å². The normalized spacial score (nSPS) is 13.4. The van der Waals surface area contributed by atoms with E-state index in [2.05, 4.69) is 15.3 Å². The van der Waals surface area contributed by atoms with Crippen molar-refractivity contribution in [2.24, 2.45) is 5.92 Å². The molecule has 1 fully saturated rings. The van der Waals surface area contributed by atoms with E-state index in [1.165, 1.54) is 0 Å². The molecular formula is C23H20N4O2S. The van der Waals surface area contributed by atoms with Crippen LogP contribution >= 0.6 is 11.3 Å². The summed E-state index contributed by atoms with van der Waals surface area (Å²) in [6, 6.07) is 13.8. The quantitative estimate of drug-likeness (QED) is 0.491. The van der Waals surface area contributed by atoms with Crippen molar-refractivity contribution in [1.82, 2.24) is 15.0 Å². The second-order valence-electron chi connectivity index (χ2n) is 7.33. The molecule has 0 spiro atoms. The summed E-state index contributed by atoms with van der Waals surface area (Å²) in [7, 11) is 1.59. The molecule has 0 unspecified atom stereocenters. The molecule has 2 aromatic carbocycles. The van der Waals surface area contributed by atoms with E-state index in [1.54, 1.807) is 24.8 Å². The summed E-state index contributed by atoms with van der Waals surface area (Å²) in [4.78, 5) is 27.2. The molecule has 5 rings (SSSR count). The molecule has 0 saturated heterocycles. The summed E-state index contributed by atoms with van der Waals surface area (Å²) >= 11 is 1.60. The Balaban J connectivity index is 1.68. The number of methoxy groups -OCH3 is 1. The van der Waals surface area contributed by atoms with Crippen LogP contribution in [0.15, 0.2) is 48.8 Å². The van der Waals surface area contributed by atoms with Gasteiger partial charge in [0.1, 0.15) is 12.1 Å². The maximum Gasteiger partial charge on any atom is 0.227 e. The number of benzene rings is 2. The first-order valence-electron chi connectivity index (χ1n) is 9.81. The number of thiazole rings is 1. The van der Waals surface area contributed by atoms with Gasteiger partial charge in [0.15, 0.2) is 0 Å². The predicted molar refractivity (Wildman–Crippen MR) is 119 cm³/mol. The van der Waals surface area contributed by atoms with Crippen molar-refractivity contribution < 1.29 is 9.53 Å². The van der Waals surface area contributed by atoms with Crippen molar-refractivity contribution in [3.8, 4) is 27.6 Å². The fraction of sp³-hybridized carbons (Fsp3) is 0.217. The van der Waals surface area contributed by atoms with Crippen molar-refractivity contribution >= 4 is 33.8 Å². The molecule has 0 bridgehead atoms. The molecule has 7 heteroatoms. The zero-order valence-electron chi connectivity index (χ0n) is 16.7. The van der Waals surface area contributed by atoms with Gasteiger partial charge in [-0.15, -0.1) is 11.3 Å². The molecule has 1 saturated carbocycles. The van der Waals surface area contributed by atoms with Crippen molar-refractivity contribution in [1.29, 1.82) is 0 Å². The smallest absolute Gasteiger partial charge is 0.227 e. The fourth-order valence-corrected chi connectivity index (χ4v) is 4.44. The largest absolute Gasteiger partial charge is 0.494 e. The van der Waals surface area contributed by atoms with Gasteiger partial charge in [-0.25, -0.2) is 15.0 Å². The minimum absolute atomic E-state index is 0.0321. The number of fused-ring (bicyclic) bond motifs is 1. The number of hydrogen-bond acceptors (Lipinski definition) is 6. The number of amides is 1. The van der Waals surface area contributed by atoms with Crippen LogP contribution in [0.3, 0.4) is 0 Å². The first-order valence-corrected chi connectivity index (χ1v) is 10.6. The molecule has 30 heavy (non-hydrogen) atoms. The molecule has 150 valence electrons. The van der Waals surface area contributed by atoms with E-state index >= 15 is 0 Å². The van der Waals surface area contributed by atoms with Crippen LogP contribution in [0.2, 0.25) is 0 Å². The summed E-state index contributed by atoms with van der Waals surface area (Å²) in [5.41, 5.74) is 4.14. The Morgan fingerprint density at radius 3 is 2.67 bits per heavy atom. The monoisotopic (exact) mass is 416 g/mol. The van der Waals surface area contributed by atoms with Gasteiger partial charge in [-0.05, 0) is 25.8 Å². The maximum absolute atomic E-state index is 12.4. The molecule has 0 atom stereocenters. The van der Waals surface area contributed by atoms with Crippen LogP contribution in [0.25, 0.3) is 32.7 Å². The van der Waals surface area contributed by atoms with Crippen LogP contribution in [0.1, 0.15) is 17.8 Å². The van der Waals surface area contributed by atoms with E-state index in [0.29, 0.717) is 11.4 Å². The van der Waals surface area contributed by atoms with Gasteiger partial charge in [-0.1, -0.05) is 30.3 Å².